The molecule has 4 heteroatoms. The molecule has 0 saturated heterocycles. The summed E-state index contributed by atoms with van der Waals surface area (Å²) in [7, 11) is 0. The average molecular weight is 214 g/mol. The summed E-state index contributed by atoms with van der Waals surface area (Å²) in [6.45, 7) is 0. The normalized spacial score (nSPS) is 0. The standard InChI is InChI=1S/FH.K.La.H2O/h1H;;;1H2/q;+1;+3;/p-2. The van der Waals surface area contributed by atoms with E-state index in [9.17, 15) is 0 Å². The van der Waals surface area contributed by atoms with Gasteiger partial charge in [-0.25, -0.2) is 0 Å². The number of rotatable bonds is 0. The molecule has 0 atom stereocenters. The smallest absolute Gasteiger partial charge is 1.00 e. The Balaban J connectivity index is 0. The van der Waals surface area contributed by atoms with Gasteiger partial charge in [-0.15, -0.1) is 0 Å². The van der Waals surface area contributed by atoms with Gasteiger partial charge in [0.15, 0.2) is 0 Å². The van der Waals surface area contributed by atoms with Crippen molar-refractivity contribution in [1.29, 1.82) is 0 Å². The van der Waals surface area contributed by atoms with Crippen LogP contribution in [0.5, 0.6) is 0 Å². The van der Waals surface area contributed by atoms with E-state index in [1.165, 1.54) is 0 Å². The summed E-state index contributed by atoms with van der Waals surface area (Å²) in [5.41, 5.74) is 0. The zero-order chi connectivity index (χ0) is 0. The molecule has 0 amide bonds. The van der Waals surface area contributed by atoms with E-state index in [2.05, 4.69) is 0 Å². The molecule has 0 spiro atoms. The summed E-state index contributed by atoms with van der Waals surface area (Å²) in [6, 6.07) is 0. The van der Waals surface area contributed by atoms with E-state index in [1.807, 2.05) is 0 Å². The molecule has 0 aromatic heterocycles. The molecule has 0 rings (SSSR count). The van der Waals surface area contributed by atoms with Crippen LogP contribution in [-0.2, 0) is 0 Å². The Bertz CT molecular complexity index is 8.00. The fourth-order valence-corrected chi connectivity index (χ4v) is 0. The molecule has 0 aliphatic carbocycles. The Labute approximate surface area is 94.6 Å². The van der Waals surface area contributed by atoms with Crippen molar-refractivity contribution in [3.63, 3.8) is 0 Å². The minimum Gasteiger partial charge on any atom is -1.00 e. The van der Waals surface area contributed by atoms with Gasteiger partial charge in [0.2, 0.25) is 0 Å². The van der Waals surface area contributed by atoms with Gasteiger partial charge in [-0.05, 0) is 0 Å². The second kappa shape index (κ2) is 17.2. The van der Waals surface area contributed by atoms with E-state index >= 15 is 0 Å². The largest absolute Gasteiger partial charge is 3.00 e. The topological polar surface area (TPSA) is 30.0 Å². The van der Waals surface area contributed by atoms with Crippen LogP contribution in [0, 0.1) is 35.6 Å². The maximum atomic E-state index is 0. The number of hydrogen-bond donors (Lipinski definition) is 0. The van der Waals surface area contributed by atoms with Crippen molar-refractivity contribution in [2.24, 2.45) is 0 Å². The summed E-state index contributed by atoms with van der Waals surface area (Å²) >= 11 is 0. The van der Waals surface area contributed by atoms with Crippen LogP contribution in [0.1, 0.15) is 0 Å². The van der Waals surface area contributed by atoms with Crippen LogP contribution in [0.4, 0.5) is 0 Å². The van der Waals surface area contributed by atoms with Crippen LogP contribution in [-0.4, -0.2) is 5.48 Å². The summed E-state index contributed by atoms with van der Waals surface area (Å²) in [4.78, 5) is 0. The molecule has 16 valence electrons. The minimum atomic E-state index is 0. The van der Waals surface area contributed by atoms with E-state index < -0.39 is 0 Å². The first-order chi connectivity index (χ1) is 0. The summed E-state index contributed by atoms with van der Waals surface area (Å²) in [5.74, 6) is 0. The number of halogens is 1. The van der Waals surface area contributed by atoms with Gasteiger partial charge in [0.1, 0.15) is 0 Å². The maximum Gasteiger partial charge on any atom is 3.00 e. The first-order valence-electron chi connectivity index (χ1n) is 0. The van der Waals surface area contributed by atoms with Crippen molar-refractivity contribution in [1.82, 2.24) is 0 Å². The van der Waals surface area contributed by atoms with Crippen molar-refractivity contribution < 1.29 is 97.2 Å². The van der Waals surface area contributed by atoms with Crippen LogP contribution in [0.25, 0.3) is 0 Å². The molecule has 0 aromatic carbocycles. The zero-order valence-corrected chi connectivity index (χ0v) is 9.15. The van der Waals surface area contributed by atoms with Crippen molar-refractivity contribution in [3.05, 3.63) is 0 Å². The molecule has 1 nitrogen and oxygen atoms in total. The van der Waals surface area contributed by atoms with E-state index in [0.29, 0.717) is 0 Å². The average Bonchev–Trinajstić information content (AvgIpc) is 0. The van der Waals surface area contributed by atoms with Crippen molar-refractivity contribution in [3.8, 4) is 0 Å². The summed E-state index contributed by atoms with van der Waals surface area (Å²) < 4.78 is 0. The molecular formula is HFKLaO+2. The molecule has 0 fully saturated rings. The molecular weight excluding hydrogens is 213 g/mol. The second-order valence-corrected chi connectivity index (χ2v) is 0. The SMILES string of the molecule is [F-].[K+].[La+3].[OH-]. The van der Waals surface area contributed by atoms with Crippen molar-refractivity contribution >= 4 is 0 Å². The Morgan fingerprint density at radius 3 is 1.00 bits per heavy atom. The van der Waals surface area contributed by atoms with Gasteiger partial charge < -0.3 is 10.2 Å². The molecule has 1 N–H and O–H groups in total. The first-order valence-corrected chi connectivity index (χ1v) is 0. The number of hydrogen-bond acceptors (Lipinski definition) is 1. The van der Waals surface area contributed by atoms with Gasteiger partial charge in [-0.3, -0.25) is 0 Å². The zero-order valence-electron chi connectivity index (χ0n) is 2.40. The van der Waals surface area contributed by atoms with Gasteiger partial charge in [0, 0.05) is 0 Å². The van der Waals surface area contributed by atoms with E-state index in [4.69, 9.17) is 0 Å². The summed E-state index contributed by atoms with van der Waals surface area (Å²) in [6.07, 6.45) is 0. The molecule has 4 heavy (non-hydrogen) atoms. The van der Waals surface area contributed by atoms with Crippen LogP contribution in [0.3, 0.4) is 0 Å². The monoisotopic (exact) mass is 214 g/mol. The van der Waals surface area contributed by atoms with Gasteiger partial charge in [-0.2, -0.15) is 0 Å². The fraction of sp³-hybridized carbons (Fsp3) is 0. The molecule has 0 heterocycles. The first kappa shape index (κ1) is 29.7. The molecule has 0 radical (unpaired) electrons. The molecule has 0 bridgehead atoms. The van der Waals surface area contributed by atoms with Gasteiger partial charge in [0.25, 0.3) is 0 Å². The molecule has 0 saturated carbocycles. The van der Waals surface area contributed by atoms with Crippen LogP contribution in [0.15, 0.2) is 0 Å². The Kier molecular flexibility index (Phi) is 128. The van der Waals surface area contributed by atoms with Crippen molar-refractivity contribution in [2.75, 3.05) is 0 Å². The van der Waals surface area contributed by atoms with Crippen molar-refractivity contribution in [2.45, 2.75) is 0 Å². The third-order valence-corrected chi connectivity index (χ3v) is 0. The van der Waals surface area contributed by atoms with Gasteiger partial charge >= 0.3 is 87.0 Å². The molecule has 0 aliphatic rings. The third-order valence-electron chi connectivity index (χ3n) is 0. The Hall–Kier alpha value is 2.72. The van der Waals surface area contributed by atoms with Crippen LogP contribution in [0.2, 0.25) is 0 Å². The minimum absolute atomic E-state index is 0. The predicted molar refractivity (Wildman–Crippen MR) is 1.94 cm³/mol. The van der Waals surface area contributed by atoms with Gasteiger partial charge in [0.05, 0.1) is 0 Å². The van der Waals surface area contributed by atoms with E-state index in [-0.39, 0.29) is 97.2 Å². The fourth-order valence-electron chi connectivity index (χ4n) is 0. The quantitative estimate of drug-likeness (QED) is 0.369. The Morgan fingerprint density at radius 1 is 1.00 bits per heavy atom. The predicted octanol–water partition coefficient (Wildman–Crippen LogP) is -6.17. The van der Waals surface area contributed by atoms with E-state index in [0.717, 1.165) is 0 Å². The molecule has 0 aromatic rings. The molecule has 0 aliphatic heterocycles. The second-order valence-electron chi connectivity index (χ2n) is 0. The van der Waals surface area contributed by atoms with E-state index in [1.54, 1.807) is 0 Å². The maximum absolute atomic E-state index is 0. The van der Waals surface area contributed by atoms with Crippen LogP contribution >= 0.6 is 0 Å². The summed E-state index contributed by atoms with van der Waals surface area (Å²) in [5, 5.41) is 0. The Morgan fingerprint density at radius 2 is 1.00 bits per heavy atom. The van der Waals surface area contributed by atoms with Crippen LogP contribution < -0.4 is 56.1 Å². The molecule has 0 unspecified atom stereocenters. The van der Waals surface area contributed by atoms with Gasteiger partial charge in [-0.1, -0.05) is 0 Å². The third kappa shape index (κ3) is 8.83.